The van der Waals surface area contributed by atoms with E-state index in [0.717, 1.165) is 12.1 Å². The first-order valence-electron chi connectivity index (χ1n) is 7.51. The Balaban J connectivity index is 2.08. The topological polar surface area (TPSA) is 33.3 Å². The average molecular weight is 349 g/mol. The summed E-state index contributed by atoms with van der Waals surface area (Å²) in [5.74, 6) is 0.696. The summed E-state index contributed by atoms with van der Waals surface area (Å²) >= 11 is 11.5. The first kappa shape index (κ1) is 17.6. The van der Waals surface area contributed by atoms with Crippen molar-refractivity contribution in [2.75, 3.05) is 12.4 Å². The molecule has 0 radical (unpaired) electrons. The fraction of sp³-hybridized carbons (Fsp3) is 0.278. The molecular weight excluding hydrogens is 328 g/mol. The lowest BCUT2D eigenvalue weighted by Gasteiger charge is -2.21. The summed E-state index contributed by atoms with van der Waals surface area (Å²) < 4.78 is 5.32. The van der Waals surface area contributed by atoms with Crippen molar-refractivity contribution in [2.45, 2.75) is 26.3 Å². The van der Waals surface area contributed by atoms with Gasteiger partial charge in [-0.1, -0.05) is 48.4 Å². The number of rotatable bonds is 5. The maximum atomic E-state index is 6.04. The van der Waals surface area contributed by atoms with Gasteiger partial charge in [0.15, 0.2) is 5.11 Å². The highest BCUT2D eigenvalue weighted by atomic mass is 35.5. The van der Waals surface area contributed by atoms with Crippen molar-refractivity contribution in [1.82, 2.24) is 5.32 Å². The van der Waals surface area contributed by atoms with Crippen molar-refractivity contribution in [2.24, 2.45) is 0 Å². The van der Waals surface area contributed by atoms with Crippen molar-refractivity contribution >= 4 is 34.6 Å². The maximum Gasteiger partial charge on any atom is 0.171 e. The highest BCUT2D eigenvalue weighted by Crippen LogP contribution is 2.28. The third kappa shape index (κ3) is 4.85. The van der Waals surface area contributed by atoms with Gasteiger partial charge in [-0.15, -0.1) is 0 Å². The molecule has 2 N–H and O–H groups in total. The molecule has 1 unspecified atom stereocenters. The van der Waals surface area contributed by atoms with Crippen LogP contribution in [0.5, 0.6) is 5.75 Å². The minimum absolute atomic E-state index is 0.153. The number of nitrogens with one attached hydrogen (secondary N) is 2. The van der Waals surface area contributed by atoms with Crippen LogP contribution in [0.1, 0.15) is 30.5 Å². The molecule has 0 spiro atoms. The predicted molar refractivity (Wildman–Crippen MR) is 102 cm³/mol. The molecule has 0 bridgehead atoms. The average Bonchev–Trinajstić information content (AvgIpc) is 2.54. The Morgan fingerprint density at radius 1 is 1.22 bits per heavy atom. The molecule has 1 atom stereocenters. The van der Waals surface area contributed by atoms with Gasteiger partial charge >= 0.3 is 0 Å². The zero-order valence-electron chi connectivity index (χ0n) is 13.5. The zero-order valence-corrected chi connectivity index (χ0v) is 15.1. The van der Waals surface area contributed by atoms with Gasteiger partial charge in [0, 0.05) is 5.02 Å². The Bertz CT molecular complexity index is 673. The van der Waals surface area contributed by atoms with Crippen LogP contribution in [0.4, 0.5) is 5.69 Å². The lowest BCUT2D eigenvalue weighted by Crippen LogP contribution is -2.32. The van der Waals surface area contributed by atoms with Crippen molar-refractivity contribution in [1.29, 1.82) is 0 Å². The second-order valence-electron chi connectivity index (χ2n) is 5.31. The normalized spacial score (nSPS) is 11.7. The summed E-state index contributed by atoms with van der Waals surface area (Å²) in [6.07, 6.45) is 0.928. The van der Waals surface area contributed by atoms with Crippen molar-refractivity contribution in [3.63, 3.8) is 0 Å². The van der Waals surface area contributed by atoms with Crippen molar-refractivity contribution in [3.05, 3.63) is 58.6 Å². The van der Waals surface area contributed by atoms with Crippen LogP contribution < -0.4 is 15.4 Å². The van der Waals surface area contributed by atoms with Crippen LogP contribution in [0, 0.1) is 6.92 Å². The van der Waals surface area contributed by atoms with Gasteiger partial charge in [-0.3, -0.25) is 0 Å². The summed E-state index contributed by atoms with van der Waals surface area (Å²) in [7, 11) is 1.62. The third-order valence-corrected chi connectivity index (χ3v) is 4.06. The van der Waals surface area contributed by atoms with E-state index >= 15 is 0 Å². The van der Waals surface area contributed by atoms with E-state index in [0.29, 0.717) is 15.9 Å². The van der Waals surface area contributed by atoms with Gasteiger partial charge in [-0.25, -0.2) is 0 Å². The lowest BCUT2D eigenvalue weighted by atomic mass is 10.0. The highest BCUT2D eigenvalue weighted by Gasteiger charge is 2.12. The maximum absolute atomic E-state index is 6.04. The molecule has 0 aromatic heterocycles. The molecule has 0 aliphatic heterocycles. The summed E-state index contributed by atoms with van der Waals surface area (Å²) in [6, 6.07) is 14.0. The Hall–Kier alpha value is -1.78. The van der Waals surface area contributed by atoms with Gasteiger partial charge in [0.2, 0.25) is 0 Å². The van der Waals surface area contributed by atoms with E-state index in [9.17, 15) is 0 Å². The lowest BCUT2D eigenvalue weighted by molar-refractivity contribution is 0.417. The molecule has 122 valence electrons. The van der Waals surface area contributed by atoms with Gasteiger partial charge in [-0.05, 0) is 49.3 Å². The van der Waals surface area contributed by atoms with Gasteiger partial charge in [0.25, 0.3) is 0 Å². The van der Waals surface area contributed by atoms with Gasteiger partial charge in [0.05, 0.1) is 18.8 Å². The van der Waals surface area contributed by atoms with Crippen LogP contribution >= 0.6 is 23.8 Å². The van der Waals surface area contributed by atoms with E-state index in [1.807, 2.05) is 6.07 Å². The number of hydrogen-bond acceptors (Lipinski definition) is 2. The number of thiocarbonyl (C=S) groups is 1. The quantitative estimate of drug-likeness (QED) is 0.737. The predicted octanol–water partition coefficient (Wildman–Crippen LogP) is 5.09. The summed E-state index contributed by atoms with van der Waals surface area (Å²) in [6.45, 7) is 4.20. The second-order valence-corrected chi connectivity index (χ2v) is 6.16. The fourth-order valence-corrected chi connectivity index (χ4v) is 2.74. The summed E-state index contributed by atoms with van der Waals surface area (Å²) in [5.41, 5.74) is 3.20. The second kappa shape index (κ2) is 8.18. The Kier molecular flexibility index (Phi) is 6.25. The number of aryl methyl sites for hydroxylation is 1. The summed E-state index contributed by atoms with van der Waals surface area (Å²) in [5, 5.41) is 7.67. The molecule has 0 aliphatic carbocycles. The van der Waals surface area contributed by atoms with Gasteiger partial charge in [-0.2, -0.15) is 0 Å². The first-order chi connectivity index (χ1) is 11.0. The van der Waals surface area contributed by atoms with Crippen LogP contribution in [0.2, 0.25) is 5.02 Å². The molecule has 2 aromatic carbocycles. The molecule has 23 heavy (non-hydrogen) atoms. The van der Waals surface area contributed by atoms with Crippen LogP contribution in [0.15, 0.2) is 42.5 Å². The number of halogens is 1. The Morgan fingerprint density at radius 2 is 1.91 bits per heavy atom. The third-order valence-electron chi connectivity index (χ3n) is 3.60. The zero-order chi connectivity index (χ0) is 16.8. The number of ether oxygens (including phenoxy) is 1. The van der Waals surface area contributed by atoms with Gasteiger partial charge in [0.1, 0.15) is 5.75 Å². The molecule has 0 saturated heterocycles. The van der Waals surface area contributed by atoms with Crippen LogP contribution in [0.3, 0.4) is 0 Å². The van der Waals surface area contributed by atoms with E-state index in [2.05, 4.69) is 48.7 Å². The molecular formula is C18H21ClN2OS. The van der Waals surface area contributed by atoms with E-state index in [1.54, 1.807) is 19.2 Å². The highest BCUT2D eigenvalue weighted by molar-refractivity contribution is 7.80. The van der Waals surface area contributed by atoms with Crippen LogP contribution in [0.25, 0.3) is 0 Å². The smallest absolute Gasteiger partial charge is 0.171 e. The largest absolute Gasteiger partial charge is 0.495 e. The number of methoxy groups -OCH3 is 1. The number of anilines is 1. The van der Waals surface area contributed by atoms with E-state index in [4.69, 9.17) is 28.6 Å². The van der Waals surface area contributed by atoms with E-state index in [-0.39, 0.29) is 6.04 Å². The van der Waals surface area contributed by atoms with Crippen molar-refractivity contribution in [3.8, 4) is 5.75 Å². The van der Waals surface area contributed by atoms with Gasteiger partial charge < -0.3 is 15.4 Å². The fourth-order valence-electron chi connectivity index (χ4n) is 2.31. The molecule has 5 heteroatoms. The first-order valence-corrected chi connectivity index (χ1v) is 8.29. The monoisotopic (exact) mass is 348 g/mol. The van der Waals surface area contributed by atoms with Crippen LogP contribution in [-0.2, 0) is 0 Å². The molecule has 2 aromatic rings. The summed E-state index contributed by atoms with van der Waals surface area (Å²) in [4.78, 5) is 0. The molecule has 0 saturated carbocycles. The standard InChI is InChI=1S/C18H21ClN2OS/c1-4-15(13-7-5-12(2)6-8-13)20-18(23)21-16-11-14(19)9-10-17(16)22-3/h5-11,15H,4H2,1-3H3,(H2,20,21,23). The van der Waals surface area contributed by atoms with E-state index in [1.165, 1.54) is 11.1 Å². The van der Waals surface area contributed by atoms with Crippen LogP contribution in [-0.4, -0.2) is 12.2 Å². The molecule has 0 aliphatic rings. The minimum atomic E-state index is 0.153. The Labute approximate surface area is 148 Å². The molecule has 2 rings (SSSR count). The molecule has 0 amide bonds. The SMILES string of the molecule is CCC(NC(=S)Nc1cc(Cl)ccc1OC)c1ccc(C)cc1. The molecule has 0 fully saturated rings. The van der Waals surface area contributed by atoms with Crippen molar-refractivity contribution < 1.29 is 4.74 Å². The number of hydrogen-bond donors (Lipinski definition) is 2. The minimum Gasteiger partial charge on any atom is -0.495 e. The number of benzene rings is 2. The van der Waals surface area contributed by atoms with E-state index < -0.39 is 0 Å². The molecule has 3 nitrogen and oxygen atoms in total. The Morgan fingerprint density at radius 3 is 2.52 bits per heavy atom. The molecule has 0 heterocycles.